The molecule has 2 rings (SSSR count). The molecule has 0 aliphatic carbocycles. The van der Waals surface area contributed by atoms with E-state index in [1.165, 1.54) is 19.2 Å². The van der Waals surface area contributed by atoms with Crippen LogP contribution in [0.25, 0.3) is 0 Å². The van der Waals surface area contributed by atoms with Gasteiger partial charge in [0.15, 0.2) is 18.5 Å². The van der Waals surface area contributed by atoms with Crippen LogP contribution in [-0.2, 0) is 14.3 Å². The standard InChI is InChI=1S/C17H14Cl2N2O5/c1-10(17(24)21-16-14(19)6-12(18)7-20-16)26-15(23)9-25-13-4-2-11(8-22)3-5-13/h2-8,10H,9H2,1H3,(H,20,21,24). The van der Waals surface area contributed by atoms with E-state index in [0.717, 1.165) is 0 Å². The normalized spacial score (nSPS) is 11.3. The number of nitrogens with zero attached hydrogens (tertiary/aromatic N) is 1. The molecule has 0 bridgehead atoms. The van der Waals surface area contributed by atoms with Gasteiger partial charge in [0, 0.05) is 11.8 Å². The highest BCUT2D eigenvalue weighted by Gasteiger charge is 2.19. The number of ether oxygens (including phenoxy) is 2. The van der Waals surface area contributed by atoms with Crippen molar-refractivity contribution < 1.29 is 23.9 Å². The van der Waals surface area contributed by atoms with Crippen LogP contribution in [0.2, 0.25) is 10.0 Å². The zero-order valence-corrected chi connectivity index (χ0v) is 15.1. The molecule has 1 heterocycles. The Bertz CT molecular complexity index is 811. The van der Waals surface area contributed by atoms with E-state index in [4.69, 9.17) is 32.7 Å². The van der Waals surface area contributed by atoms with Gasteiger partial charge in [0.25, 0.3) is 5.91 Å². The van der Waals surface area contributed by atoms with E-state index in [-0.39, 0.29) is 10.8 Å². The fourth-order valence-corrected chi connectivity index (χ4v) is 2.22. The lowest BCUT2D eigenvalue weighted by Gasteiger charge is -2.14. The monoisotopic (exact) mass is 396 g/mol. The molecule has 0 aliphatic rings. The van der Waals surface area contributed by atoms with Gasteiger partial charge in [0.2, 0.25) is 0 Å². The first-order valence-corrected chi connectivity index (χ1v) is 8.14. The van der Waals surface area contributed by atoms with Crippen LogP contribution in [0, 0.1) is 0 Å². The molecule has 1 unspecified atom stereocenters. The Kier molecular flexibility index (Phi) is 6.94. The number of benzene rings is 1. The molecule has 7 nitrogen and oxygen atoms in total. The third-order valence-electron chi connectivity index (χ3n) is 3.10. The number of hydrogen-bond acceptors (Lipinski definition) is 6. The maximum Gasteiger partial charge on any atom is 0.344 e. The highest BCUT2D eigenvalue weighted by molar-refractivity contribution is 6.36. The summed E-state index contributed by atoms with van der Waals surface area (Å²) in [6.07, 6.45) is 0.931. The first-order chi connectivity index (χ1) is 12.4. The van der Waals surface area contributed by atoms with E-state index < -0.39 is 24.6 Å². The number of halogens is 2. The summed E-state index contributed by atoms with van der Waals surface area (Å²) in [5.41, 5.74) is 0.486. The van der Waals surface area contributed by atoms with Crippen LogP contribution in [0.15, 0.2) is 36.5 Å². The molecule has 0 saturated heterocycles. The van der Waals surface area contributed by atoms with Gasteiger partial charge in [0.05, 0.1) is 10.0 Å². The van der Waals surface area contributed by atoms with E-state index in [1.54, 1.807) is 24.3 Å². The second kappa shape index (κ2) is 9.17. The molecular weight excluding hydrogens is 383 g/mol. The van der Waals surface area contributed by atoms with Gasteiger partial charge in [-0.1, -0.05) is 23.2 Å². The summed E-state index contributed by atoms with van der Waals surface area (Å²) in [6, 6.07) is 7.61. The Balaban J connectivity index is 1.83. The van der Waals surface area contributed by atoms with Crippen molar-refractivity contribution in [2.24, 2.45) is 0 Å². The summed E-state index contributed by atoms with van der Waals surface area (Å²) >= 11 is 11.6. The van der Waals surface area contributed by atoms with Crippen LogP contribution in [-0.4, -0.2) is 35.9 Å². The van der Waals surface area contributed by atoms with Crippen LogP contribution >= 0.6 is 23.2 Å². The maximum atomic E-state index is 12.0. The fraction of sp³-hybridized carbons (Fsp3) is 0.176. The molecule has 1 N–H and O–H groups in total. The van der Waals surface area contributed by atoms with E-state index >= 15 is 0 Å². The van der Waals surface area contributed by atoms with Gasteiger partial charge in [-0.15, -0.1) is 0 Å². The number of esters is 1. The molecule has 0 fully saturated rings. The first kappa shape index (κ1) is 19.7. The van der Waals surface area contributed by atoms with E-state index in [2.05, 4.69) is 10.3 Å². The van der Waals surface area contributed by atoms with Gasteiger partial charge in [-0.2, -0.15) is 0 Å². The minimum Gasteiger partial charge on any atom is -0.482 e. The second-order valence-electron chi connectivity index (χ2n) is 5.08. The van der Waals surface area contributed by atoms with Gasteiger partial charge < -0.3 is 14.8 Å². The molecule has 1 amide bonds. The van der Waals surface area contributed by atoms with Crippen molar-refractivity contribution >= 4 is 47.2 Å². The number of amides is 1. The summed E-state index contributed by atoms with van der Waals surface area (Å²) < 4.78 is 10.2. The molecule has 2 aromatic rings. The molecule has 26 heavy (non-hydrogen) atoms. The Morgan fingerprint density at radius 1 is 1.27 bits per heavy atom. The second-order valence-corrected chi connectivity index (χ2v) is 5.92. The summed E-state index contributed by atoms with van der Waals surface area (Å²) in [5, 5.41) is 2.92. The van der Waals surface area contributed by atoms with Crippen LogP contribution in [0.4, 0.5) is 5.82 Å². The molecule has 9 heteroatoms. The summed E-state index contributed by atoms with van der Waals surface area (Å²) in [6.45, 7) is 1.01. The molecule has 0 saturated carbocycles. The fourth-order valence-electron chi connectivity index (χ4n) is 1.79. The highest BCUT2D eigenvalue weighted by atomic mass is 35.5. The van der Waals surface area contributed by atoms with Crippen molar-refractivity contribution in [2.75, 3.05) is 11.9 Å². The van der Waals surface area contributed by atoms with Crippen molar-refractivity contribution in [3.8, 4) is 5.75 Å². The van der Waals surface area contributed by atoms with Crippen molar-refractivity contribution in [2.45, 2.75) is 13.0 Å². The Morgan fingerprint density at radius 3 is 2.58 bits per heavy atom. The highest BCUT2D eigenvalue weighted by Crippen LogP contribution is 2.22. The van der Waals surface area contributed by atoms with Gasteiger partial charge >= 0.3 is 5.97 Å². The molecule has 0 spiro atoms. The van der Waals surface area contributed by atoms with Crippen LogP contribution < -0.4 is 10.1 Å². The topological polar surface area (TPSA) is 94.6 Å². The summed E-state index contributed by atoms with van der Waals surface area (Å²) in [4.78, 5) is 38.3. The number of pyridine rings is 1. The van der Waals surface area contributed by atoms with Crippen molar-refractivity contribution in [1.29, 1.82) is 0 Å². The average molecular weight is 397 g/mol. The Morgan fingerprint density at radius 2 is 1.96 bits per heavy atom. The molecule has 0 aliphatic heterocycles. The molecule has 136 valence electrons. The maximum absolute atomic E-state index is 12.0. The van der Waals surface area contributed by atoms with Gasteiger partial charge in [0.1, 0.15) is 12.0 Å². The summed E-state index contributed by atoms with van der Waals surface area (Å²) in [5.74, 6) is -0.843. The van der Waals surface area contributed by atoms with E-state index in [0.29, 0.717) is 22.6 Å². The molecule has 1 atom stereocenters. The molecule has 1 aromatic heterocycles. The SMILES string of the molecule is CC(OC(=O)COc1ccc(C=O)cc1)C(=O)Nc1ncc(Cl)cc1Cl. The zero-order chi connectivity index (χ0) is 19.1. The van der Waals surface area contributed by atoms with Crippen molar-refractivity contribution in [1.82, 2.24) is 4.98 Å². The Labute approximate surface area is 159 Å². The predicted octanol–water partition coefficient (Wildman–Crippen LogP) is 3.15. The smallest absolute Gasteiger partial charge is 0.344 e. The lowest BCUT2D eigenvalue weighted by Crippen LogP contribution is -2.32. The number of aldehydes is 1. The van der Waals surface area contributed by atoms with Crippen LogP contribution in [0.5, 0.6) is 5.75 Å². The lowest BCUT2D eigenvalue weighted by molar-refractivity contribution is -0.155. The van der Waals surface area contributed by atoms with Gasteiger partial charge in [-0.05, 0) is 37.3 Å². The van der Waals surface area contributed by atoms with Gasteiger partial charge in [-0.3, -0.25) is 9.59 Å². The number of rotatable bonds is 7. The number of hydrogen-bond donors (Lipinski definition) is 1. The van der Waals surface area contributed by atoms with Gasteiger partial charge in [-0.25, -0.2) is 9.78 Å². The van der Waals surface area contributed by atoms with Crippen molar-refractivity contribution in [3.63, 3.8) is 0 Å². The average Bonchev–Trinajstić information content (AvgIpc) is 2.62. The largest absolute Gasteiger partial charge is 0.482 e. The third kappa shape index (κ3) is 5.72. The number of anilines is 1. The van der Waals surface area contributed by atoms with E-state index in [9.17, 15) is 14.4 Å². The number of nitrogens with one attached hydrogen (secondary N) is 1. The number of carbonyl (C=O) groups excluding carboxylic acids is 3. The Hall–Kier alpha value is -2.64. The molecule has 1 aromatic carbocycles. The minimum absolute atomic E-state index is 0.107. The molecular formula is C17H14Cl2N2O5. The van der Waals surface area contributed by atoms with Crippen LogP contribution in [0.3, 0.4) is 0 Å². The van der Waals surface area contributed by atoms with E-state index in [1.807, 2.05) is 0 Å². The number of carbonyl (C=O) groups is 3. The number of aromatic nitrogens is 1. The minimum atomic E-state index is -1.09. The quantitative estimate of drug-likeness (QED) is 0.570. The van der Waals surface area contributed by atoms with Crippen LogP contribution in [0.1, 0.15) is 17.3 Å². The third-order valence-corrected chi connectivity index (χ3v) is 3.59. The predicted molar refractivity (Wildman–Crippen MR) is 95.8 cm³/mol. The van der Waals surface area contributed by atoms with Crippen molar-refractivity contribution in [3.05, 3.63) is 52.1 Å². The molecule has 0 radical (unpaired) electrons. The lowest BCUT2D eigenvalue weighted by atomic mass is 10.2. The zero-order valence-electron chi connectivity index (χ0n) is 13.6. The summed E-state index contributed by atoms with van der Waals surface area (Å²) in [7, 11) is 0. The first-order valence-electron chi connectivity index (χ1n) is 7.38.